The number of rotatable bonds is 2. The van der Waals surface area contributed by atoms with E-state index in [4.69, 9.17) is 33.7 Å². The number of ether oxygens (including phenoxy) is 1. The van der Waals surface area contributed by atoms with Crippen molar-refractivity contribution < 1.29 is 9.53 Å². The third-order valence-corrected chi connectivity index (χ3v) is 5.17. The number of nitrogens with two attached hydrogens (primary N) is 1. The van der Waals surface area contributed by atoms with Gasteiger partial charge in [0, 0.05) is 41.0 Å². The second kappa shape index (κ2) is 6.90. The molecule has 7 nitrogen and oxygen atoms in total. The number of carbonyl (C=O) groups is 1. The number of hydrogen-bond donors (Lipinski definition) is 2. The Morgan fingerprint density at radius 1 is 1.23 bits per heavy atom. The summed E-state index contributed by atoms with van der Waals surface area (Å²) in [6.07, 6.45) is 0.206. The maximum absolute atomic E-state index is 12.3. The molecule has 1 fully saturated rings. The zero-order chi connectivity index (χ0) is 18.3. The van der Waals surface area contributed by atoms with Crippen molar-refractivity contribution in [2.75, 3.05) is 42.3 Å². The fourth-order valence-corrected chi connectivity index (χ4v) is 3.77. The predicted octanol–water partition coefficient (Wildman–Crippen LogP) is 2.68. The summed E-state index contributed by atoms with van der Waals surface area (Å²) in [5, 5.41) is 3.88. The van der Waals surface area contributed by atoms with Crippen LogP contribution in [0.3, 0.4) is 0 Å². The molecule has 1 atom stereocenters. The molecule has 1 aromatic carbocycles. The van der Waals surface area contributed by atoms with Crippen LogP contribution in [0.15, 0.2) is 18.2 Å². The SMILES string of the molecule is Nc1nc(N2CCOCC2)nc2c1C(c1cc(Cl)ccc1Cl)CC(=O)N2. The van der Waals surface area contributed by atoms with Crippen LogP contribution < -0.4 is 16.0 Å². The summed E-state index contributed by atoms with van der Waals surface area (Å²) >= 11 is 12.5. The molecule has 0 saturated carbocycles. The first kappa shape index (κ1) is 17.3. The van der Waals surface area contributed by atoms with Crippen LogP contribution in [0.4, 0.5) is 17.6 Å². The standard InChI is InChI=1S/C17H17Cl2N5O2/c18-9-1-2-12(19)10(7-9)11-8-13(25)21-16-14(11)15(20)22-17(23-16)24-3-5-26-6-4-24/h1-2,7,11H,3-6,8H2,(H3,20,21,22,23,25). The van der Waals surface area contributed by atoms with Gasteiger partial charge in [-0.3, -0.25) is 4.79 Å². The average molecular weight is 394 g/mol. The number of amides is 1. The molecule has 2 aliphatic rings. The summed E-state index contributed by atoms with van der Waals surface area (Å²) in [6, 6.07) is 5.18. The molecular formula is C17H17Cl2N5O2. The normalized spacial score (nSPS) is 19.8. The molecule has 136 valence electrons. The van der Waals surface area contributed by atoms with Crippen LogP contribution in [0.2, 0.25) is 10.0 Å². The van der Waals surface area contributed by atoms with E-state index in [2.05, 4.69) is 15.3 Å². The number of aromatic nitrogens is 2. The first-order valence-corrected chi connectivity index (χ1v) is 9.03. The van der Waals surface area contributed by atoms with Gasteiger partial charge in [0.1, 0.15) is 11.6 Å². The fraction of sp³-hybridized carbons (Fsp3) is 0.353. The Morgan fingerprint density at radius 2 is 2.00 bits per heavy atom. The Kier molecular flexibility index (Phi) is 4.60. The minimum Gasteiger partial charge on any atom is -0.383 e. The van der Waals surface area contributed by atoms with Crippen molar-refractivity contribution in [1.29, 1.82) is 0 Å². The van der Waals surface area contributed by atoms with Gasteiger partial charge < -0.3 is 20.7 Å². The molecular weight excluding hydrogens is 377 g/mol. The lowest BCUT2D eigenvalue weighted by Crippen LogP contribution is -2.38. The van der Waals surface area contributed by atoms with Crippen molar-refractivity contribution in [3.05, 3.63) is 39.4 Å². The molecule has 0 bridgehead atoms. The molecule has 1 aromatic heterocycles. The van der Waals surface area contributed by atoms with Gasteiger partial charge in [-0.05, 0) is 23.8 Å². The van der Waals surface area contributed by atoms with Crippen molar-refractivity contribution in [2.24, 2.45) is 0 Å². The molecule has 1 amide bonds. The molecule has 1 unspecified atom stereocenters. The van der Waals surface area contributed by atoms with Crippen LogP contribution in [0.5, 0.6) is 0 Å². The van der Waals surface area contributed by atoms with E-state index < -0.39 is 0 Å². The van der Waals surface area contributed by atoms with E-state index in [-0.39, 0.29) is 18.2 Å². The molecule has 2 aromatic rings. The van der Waals surface area contributed by atoms with Crippen molar-refractivity contribution >= 4 is 46.7 Å². The zero-order valence-corrected chi connectivity index (χ0v) is 15.3. The van der Waals surface area contributed by atoms with E-state index in [0.717, 1.165) is 5.56 Å². The van der Waals surface area contributed by atoms with Crippen LogP contribution in [0, 0.1) is 0 Å². The highest BCUT2D eigenvalue weighted by Gasteiger charge is 2.33. The quantitative estimate of drug-likeness (QED) is 0.814. The number of anilines is 3. The Bertz CT molecular complexity index is 870. The topological polar surface area (TPSA) is 93.4 Å². The summed E-state index contributed by atoms with van der Waals surface area (Å²) in [6.45, 7) is 2.56. The van der Waals surface area contributed by atoms with Gasteiger partial charge in [-0.1, -0.05) is 23.2 Å². The highest BCUT2D eigenvalue weighted by molar-refractivity contribution is 6.33. The summed E-state index contributed by atoms with van der Waals surface area (Å²) in [7, 11) is 0. The highest BCUT2D eigenvalue weighted by Crippen LogP contribution is 2.42. The third kappa shape index (κ3) is 3.18. The molecule has 0 radical (unpaired) electrons. The van der Waals surface area contributed by atoms with Crippen molar-refractivity contribution in [1.82, 2.24) is 9.97 Å². The molecule has 3 heterocycles. The van der Waals surface area contributed by atoms with E-state index >= 15 is 0 Å². The second-order valence-corrected chi connectivity index (χ2v) is 7.08. The molecule has 3 N–H and O–H groups in total. The number of morpholine rings is 1. The minimum absolute atomic E-state index is 0.149. The largest absolute Gasteiger partial charge is 0.383 e. The zero-order valence-electron chi connectivity index (χ0n) is 13.8. The predicted molar refractivity (Wildman–Crippen MR) is 101 cm³/mol. The smallest absolute Gasteiger partial charge is 0.229 e. The number of carbonyl (C=O) groups excluding carboxylic acids is 1. The summed E-state index contributed by atoms with van der Waals surface area (Å²) in [5.41, 5.74) is 7.69. The van der Waals surface area contributed by atoms with Gasteiger partial charge in [0.25, 0.3) is 0 Å². The van der Waals surface area contributed by atoms with E-state index in [0.29, 0.717) is 59.5 Å². The van der Waals surface area contributed by atoms with Crippen LogP contribution in [-0.2, 0) is 9.53 Å². The van der Waals surface area contributed by atoms with E-state index in [1.165, 1.54) is 0 Å². The maximum atomic E-state index is 12.3. The lowest BCUT2D eigenvalue weighted by molar-refractivity contribution is -0.116. The minimum atomic E-state index is -0.344. The monoisotopic (exact) mass is 393 g/mol. The van der Waals surface area contributed by atoms with Crippen molar-refractivity contribution in [2.45, 2.75) is 12.3 Å². The maximum Gasteiger partial charge on any atom is 0.229 e. The van der Waals surface area contributed by atoms with Gasteiger partial charge >= 0.3 is 0 Å². The molecule has 2 aliphatic heterocycles. The van der Waals surface area contributed by atoms with Crippen LogP contribution in [-0.4, -0.2) is 42.2 Å². The van der Waals surface area contributed by atoms with Crippen LogP contribution >= 0.6 is 23.2 Å². The fourth-order valence-electron chi connectivity index (χ4n) is 3.34. The Balaban J connectivity index is 1.80. The van der Waals surface area contributed by atoms with Gasteiger partial charge in [-0.2, -0.15) is 9.97 Å². The highest BCUT2D eigenvalue weighted by atomic mass is 35.5. The Labute approximate surface area is 160 Å². The second-order valence-electron chi connectivity index (χ2n) is 6.24. The number of halogens is 2. The van der Waals surface area contributed by atoms with Crippen LogP contribution in [0.1, 0.15) is 23.5 Å². The van der Waals surface area contributed by atoms with E-state index in [1.807, 2.05) is 4.90 Å². The summed E-state index contributed by atoms with van der Waals surface area (Å²) < 4.78 is 5.36. The van der Waals surface area contributed by atoms with Crippen molar-refractivity contribution in [3.63, 3.8) is 0 Å². The summed E-state index contributed by atoms with van der Waals surface area (Å²) in [4.78, 5) is 23.3. The number of benzene rings is 1. The van der Waals surface area contributed by atoms with Crippen molar-refractivity contribution in [3.8, 4) is 0 Å². The first-order chi connectivity index (χ1) is 12.5. The Morgan fingerprint density at radius 3 is 2.77 bits per heavy atom. The first-order valence-electron chi connectivity index (χ1n) is 8.28. The lowest BCUT2D eigenvalue weighted by Gasteiger charge is -2.30. The van der Waals surface area contributed by atoms with Gasteiger partial charge in [0.2, 0.25) is 11.9 Å². The average Bonchev–Trinajstić information content (AvgIpc) is 2.63. The lowest BCUT2D eigenvalue weighted by atomic mass is 9.86. The van der Waals surface area contributed by atoms with Gasteiger partial charge in [0.15, 0.2) is 0 Å². The van der Waals surface area contributed by atoms with Gasteiger partial charge in [-0.25, -0.2) is 0 Å². The molecule has 0 aliphatic carbocycles. The number of fused-ring (bicyclic) bond motifs is 1. The number of hydrogen-bond acceptors (Lipinski definition) is 6. The number of nitrogen functional groups attached to an aromatic ring is 1. The van der Waals surface area contributed by atoms with E-state index in [9.17, 15) is 4.79 Å². The van der Waals surface area contributed by atoms with E-state index in [1.54, 1.807) is 18.2 Å². The van der Waals surface area contributed by atoms with Gasteiger partial charge in [-0.15, -0.1) is 0 Å². The summed E-state index contributed by atoms with van der Waals surface area (Å²) in [5.74, 6) is 0.754. The van der Waals surface area contributed by atoms with Gasteiger partial charge in [0.05, 0.1) is 13.2 Å². The Hall–Kier alpha value is -2.09. The number of nitrogens with zero attached hydrogens (tertiary/aromatic N) is 3. The molecule has 0 spiro atoms. The molecule has 1 saturated heterocycles. The molecule has 26 heavy (non-hydrogen) atoms. The molecule has 9 heteroatoms. The molecule has 4 rings (SSSR count). The number of nitrogens with one attached hydrogen (secondary N) is 1. The van der Waals surface area contributed by atoms with Crippen LogP contribution in [0.25, 0.3) is 0 Å². The third-order valence-electron chi connectivity index (χ3n) is 4.59.